The maximum atomic E-state index is 12.4. The molecule has 0 aliphatic carbocycles. The van der Waals surface area contributed by atoms with E-state index in [1.165, 1.54) is 0 Å². The minimum Gasteiger partial charge on any atom is -0.374 e. The molecule has 1 heterocycles. The van der Waals surface area contributed by atoms with Gasteiger partial charge in [0.15, 0.2) is 0 Å². The molecule has 1 fully saturated rings. The molecule has 1 saturated heterocycles. The van der Waals surface area contributed by atoms with Crippen LogP contribution < -0.4 is 10.0 Å². The van der Waals surface area contributed by atoms with Gasteiger partial charge >= 0.3 is 0 Å². The van der Waals surface area contributed by atoms with Crippen LogP contribution in [-0.2, 0) is 21.3 Å². The Bertz CT molecular complexity index is 598. The quantitative estimate of drug-likeness (QED) is 0.796. The molecule has 1 unspecified atom stereocenters. The lowest BCUT2D eigenvalue weighted by molar-refractivity contribution is 0.0250. The van der Waals surface area contributed by atoms with Crippen LogP contribution in [0.5, 0.6) is 0 Å². The number of benzene rings is 1. The average molecular weight is 377 g/mol. The Morgan fingerprint density at radius 2 is 2.19 bits per heavy atom. The van der Waals surface area contributed by atoms with Gasteiger partial charge in [0, 0.05) is 24.2 Å². The van der Waals surface area contributed by atoms with E-state index in [0.717, 1.165) is 18.4 Å². The van der Waals surface area contributed by atoms with Gasteiger partial charge in [-0.1, -0.05) is 6.07 Å². The topological polar surface area (TPSA) is 67.4 Å². The zero-order chi connectivity index (χ0) is 15.5. The molecule has 0 spiro atoms. The Morgan fingerprint density at radius 3 is 2.76 bits per heavy atom. The molecule has 0 saturated carbocycles. The summed E-state index contributed by atoms with van der Waals surface area (Å²) in [5.41, 5.74) is 0.625. The third-order valence-electron chi connectivity index (χ3n) is 3.60. The van der Waals surface area contributed by atoms with Crippen molar-refractivity contribution in [2.45, 2.75) is 36.8 Å². The second-order valence-corrected chi connectivity index (χ2v) is 8.11. The predicted molar refractivity (Wildman–Crippen MR) is 85.7 cm³/mol. The van der Waals surface area contributed by atoms with Crippen LogP contribution >= 0.6 is 15.9 Å². The summed E-state index contributed by atoms with van der Waals surface area (Å²) in [4.78, 5) is 0.254. The lowest BCUT2D eigenvalue weighted by Gasteiger charge is -2.23. The lowest BCUT2D eigenvalue weighted by Crippen LogP contribution is -2.40. The highest BCUT2D eigenvalue weighted by molar-refractivity contribution is 9.10. The maximum Gasteiger partial charge on any atom is 0.241 e. The first-order valence-corrected chi connectivity index (χ1v) is 9.21. The fourth-order valence-corrected chi connectivity index (χ4v) is 4.66. The van der Waals surface area contributed by atoms with Gasteiger partial charge in [0.05, 0.1) is 10.5 Å². The van der Waals surface area contributed by atoms with Crippen molar-refractivity contribution < 1.29 is 13.2 Å². The summed E-state index contributed by atoms with van der Waals surface area (Å²) in [5.74, 6) is 0. The number of halogens is 1. The molecule has 1 aliphatic heterocycles. The van der Waals surface area contributed by atoms with E-state index < -0.39 is 15.6 Å². The molecule has 0 amide bonds. The Balaban J connectivity index is 2.12. The first-order chi connectivity index (χ1) is 9.86. The standard InChI is InChI=1S/C14H21BrN2O3S/c1-14(6-3-7-20-14)10-17-21(18,19)13-5-4-11(9-16-2)8-12(13)15/h4-5,8,16-17H,3,6-7,9-10H2,1-2H3. The van der Waals surface area contributed by atoms with Gasteiger partial charge in [-0.05, 0) is 60.4 Å². The van der Waals surface area contributed by atoms with Crippen LogP contribution in [0.3, 0.4) is 0 Å². The number of ether oxygens (including phenoxy) is 1. The van der Waals surface area contributed by atoms with E-state index in [0.29, 0.717) is 24.2 Å². The zero-order valence-corrected chi connectivity index (χ0v) is 14.7. The van der Waals surface area contributed by atoms with Crippen LogP contribution in [0, 0.1) is 0 Å². The number of nitrogens with one attached hydrogen (secondary N) is 2. The molecule has 7 heteroatoms. The minimum atomic E-state index is -3.55. The van der Waals surface area contributed by atoms with Crippen LogP contribution in [0.4, 0.5) is 0 Å². The van der Waals surface area contributed by atoms with Gasteiger partial charge in [-0.2, -0.15) is 0 Å². The molecule has 0 radical (unpaired) electrons. The molecule has 1 atom stereocenters. The van der Waals surface area contributed by atoms with Gasteiger partial charge < -0.3 is 10.1 Å². The van der Waals surface area contributed by atoms with E-state index in [4.69, 9.17) is 4.74 Å². The number of hydrogen-bond donors (Lipinski definition) is 2. The molecular weight excluding hydrogens is 356 g/mol. The van der Waals surface area contributed by atoms with Crippen molar-refractivity contribution >= 4 is 26.0 Å². The first-order valence-electron chi connectivity index (χ1n) is 6.93. The van der Waals surface area contributed by atoms with Crippen LogP contribution in [0.25, 0.3) is 0 Å². The molecule has 0 bridgehead atoms. The van der Waals surface area contributed by atoms with Crippen molar-refractivity contribution in [1.82, 2.24) is 10.0 Å². The van der Waals surface area contributed by atoms with Gasteiger partial charge in [0.2, 0.25) is 10.0 Å². The van der Waals surface area contributed by atoms with Crippen molar-refractivity contribution in [2.24, 2.45) is 0 Å². The molecule has 2 rings (SSSR count). The highest BCUT2D eigenvalue weighted by atomic mass is 79.9. The fraction of sp³-hybridized carbons (Fsp3) is 0.571. The van der Waals surface area contributed by atoms with Crippen LogP contribution in [0.15, 0.2) is 27.6 Å². The van der Waals surface area contributed by atoms with E-state index >= 15 is 0 Å². The van der Waals surface area contributed by atoms with E-state index in [2.05, 4.69) is 26.0 Å². The number of rotatable bonds is 6. The summed E-state index contributed by atoms with van der Waals surface area (Å²) in [6.45, 7) is 3.62. The van der Waals surface area contributed by atoms with Crippen molar-refractivity contribution in [3.05, 3.63) is 28.2 Å². The summed E-state index contributed by atoms with van der Waals surface area (Å²) >= 11 is 3.34. The smallest absolute Gasteiger partial charge is 0.241 e. The van der Waals surface area contributed by atoms with E-state index in [1.54, 1.807) is 6.07 Å². The molecule has 1 aliphatic rings. The van der Waals surface area contributed by atoms with Gasteiger partial charge in [-0.3, -0.25) is 0 Å². The van der Waals surface area contributed by atoms with Gasteiger partial charge in [-0.25, -0.2) is 13.1 Å². The van der Waals surface area contributed by atoms with Crippen LogP contribution in [0.1, 0.15) is 25.3 Å². The van der Waals surface area contributed by atoms with E-state index in [1.807, 2.05) is 26.1 Å². The van der Waals surface area contributed by atoms with Gasteiger partial charge in [0.1, 0.15) is 0 Å². The Kier molecular flexibility index (Phi) is 5.43. The fourth-order valence-electron chi connectivity index (χ4n) is 2.38. The lowest BCUT2D eigenvalue weighted by atomic mass is 10.0. The number of hydrogen-bond acceptors (Lipinski definition) is 4. The average Bonchev–Trinajstić information content (AvgIpc) is 2.85. The molecule has 2 N–H and O–H groups in total. The van der Waals surface area contributed by atoms with Crippen molar-refractivity contribution in [3.8, 4) is 0 Å². The minimum absolute atomic E-state index is 0.254. The van der Waals surface area contributed by atoms with Gasteiger partial charge in [0.25, 0.3) is 0 Å². The van der Waals surface area contributed by atoms with Gasteiger partial charge in [-0.15, -0.1) is 0 Å². The number of sulfonamides is 1. The molecule has 21 heavy (non-hydrogen) atoms. The van der Waals surface area contributed by atoms with Crippen molar-refractivity contribution in [3.63, 3.8) is 0 Å². The Morgan fingerprint density at radius 1 is 1.43 bits per heavy atom. The summed E-state index contributed by atoms with van der Waals surface area (Å²) in [6.07, 6.45) is 1.85. The van der Waals surface area contributed by atoms with Crippen LogP contribution in [-0.4, -0.2) is 34.2 Å². The zero-order valence-electron chi connectivity index (χ0n) is 12.3. The Labute approximate surface area is 134 Å². The second kappa shape index (κ2) is 6.75. The second-order valence-electron chi connectivity index (χ2n) is 5.52. The molecule has 118 valence electrons. The SMILES string of the molecule is CNCc1ccc(S(=O)(=O)NCC2(C)CCCO2)c(Br)c1. The summed E-state index contributed by atoms with van der Waals surface area (Å²) in [5, 5.41) is 3.03. The summed E-state index contributed by atoms with van der Waals surface area (Å²) in [6, 6.07) is 5.25. The summed E-state index contributed by atoms with van der Waals surface area (Å²) in [7, 11) is -1.70. The van der Waals surface area contributed by atoms with E-state index in [-0.39, 0.29) is 4.90 Å². The Hall–Kier alpha value is -0.470. The molecule has 1 aromatic rings. The van der Waals surface area contributed by atoms with E-state index in [9.17, 15) is 8.42 Å². The molecule has 0 aromatic heterocycles. The van der Waals surface area contributed by atoms with Crippen LogP contribution in [0.2, 0.25) is 0 Å². The predicted octanol–water partition coefficient (Wildman–Crippen LogP) is 2.02. The molecule has 1 aromatic carbocycles. The monoisotopic (exact) mass is 376 g/mol. The largest absolute Gasteiger partial charge is 0.374 e. The molecule has 5 nitrogen and oxygen atoms in total. The first kappa shape index (κ1) is 16.9. The van der Waals surface area contributed by atoms with Crippen molar-refractivity contribution in [2.75, 3.05) is 20.2 Å². The molecular formula is C14H21BrN2O3S. The summed E-state index contributed by atoms with van der Waals surface area (Å²) < 4.78 is 33.6. The highest BCUT2D eigenvalue weighted by Crippen LogP contribution is 2.26. The normalized spacial score (nSPS) is 22.6. The third kappa shape index (κ3) is 4.26. The third-order valence-corrected chi connectivity index (χ3v) is 5.98. The van der Waals surface area contributed by atoms with Crippen molar-refractivity contribution in [1.29, 1.82) is 0 Å². The highest BCUT2D eigenvalue weighted by Gasteiger charge is 2.31. The maximum absolute atomic E-state index is 12.4.